The molecule has 0 aromatic carbocycles. The Morgan fingerprint density at radius 2 is 2.18 bits per heavy atom. The molecule has 0 saturated heterocycles. The van der Waals surface area contributed by atoms with Crippen molar-refractivity contribution in [3.8, 4) is 0 Å². The van der Waals surface area contributed by atoms with Crippen molar-refractivity contribution >= 4 is 6.34 Å². The number of allylic oxidation sites excluding steroid dienone is 1. The Hall–Kier alpha value is -0.790. The number of aliphatic imine (C=N–C) groups is 1. The summed E-state index contributed by atoms with van der Waals surface area (Å²) in [6.07, 6.45) is 4.06. The van der Waals surface area contributed by atoms with E-state index in [1.807, 2.05) is 32.1 Å². The summed E-state index contributed by atoms with van der Waals surface area (Å²) in [7, 11) is 1.98. The van der Waals surface area contributed by atoms with Crippen LogP contribution in [-0.4, -0.2) is 24.8 Å². The lowest BCUT2D eigenvalue weighted by Gasteiger charge is -2.12. The van der Waals surface area contributed by atoms with E-state index >= 15 is 0 Å². The van der Waals surface area contributed by atoms with Crippen LogP contribution in [0.3, 0.4) is 0 Å². The van der Waals surface area contributed by atoms with Crippen LogP contribution in [-0.2, 0) is 0 Å². The van der Waals surface area contributed by atoms with Gasteiger partial charge in [0.25, 0.3) is 0 Å². The van der Waals surface area contributed by atoms with Crippen LogP contribution in [0.4, 0.5) is 0 Å². The third kappa shape index (κ3) is 3.81. The Morgan fingerprint density at radius 1 is 1.55 bits per heavy atom. The quantitative estimate of drug-likeness (QED) is 0.522. The largest absolute Gasteiger partial charge is 0.340 e. The minimum Gasteiger partial charge on any atom is -0.340 e. The van der Waals surface area contributed by atoms with E-state index < -0.39 is 0 Å². The van der Waals surface area contributed by atoms with Crippen molar-refractivity contribution in [2.75, 3.05) is 13.6 Å². The van der Waals surface area contributed by atoms with Gasteiger partial charge in [-0.05, 0) is 12.8 Å². The molecule has 0 atom stereocenters. The molecule has 0 amide bonds. The molecule has 0 saturated carbocycles. The van der Waals surface area contributed by atoms with Gasteiger partial charge in [0.15, 0.2) is 0 Å². The maximum Gasteiger partial charge on any atom is 0.0888 e. The van der Waals surface area contributed by atoms with Crippen molar-refractivity contribution in [3.63, 3.8) is 0 Å². The number of hydrogen-bond acceptors (Lipinski definition) is 2. The molecule has 0 spiro atoms. The van der Waals surface area contributed by atoms with Crippen LogP contribution in [0, 0.1) is 0 Å². The monoisotopic (exact) mass is 154 g/mol. The predicted molar refractivity (Wildman–Crippen MR) is 50.8 cm³/mol. The van der Waals surface area contributed by atoms with Gasteiger partial charge in [-0.1, -0.05) is 20.4 Å². The first-order chi connectivity index (χ1) is 5.30. The molecular weight excluding hydrogens is 136 g/mol. The van der Waals surface area contributed by atoms with Gasteiger partial charge in [-0.25, -0.2) is 0 Å². The van der Waals surface area contributed by atoms with E-state index in [2.05, 4.69) is 11.6 Å². The average Bonchev–Trinajstić information content (AvgIpc) is 2.22. The van der Waals surface area contributed by atoms with Crippen molar-refractivity contribution in [1.29, 1.82) is 0 Å². The fourth-order valence-corrected chi connectivity index (χ4v) is 0.813. The minimum atomic E-state index is 0.948. The lowest BCUT2D eigenvalue weighted by atomic mass is 10.2. The molecule has 2 nitrogen and oxygen atoms in total. The molecule has 0 bridgehead atoms. The van der Waals surface area contributed by atoms with Crippen LogP contribution in [0.2, 0.25) is 0 Å². The second-order valence-electron chi connectivity index (χ2n) is 2.30. The first kappa shape index (κ1) is 10.2. The second kappa shape index (κ2) is 5.96. The average molecular weight is 154 g/mol. The molecular formula is C9H18N2. The molecule has 0 aromatic heterocycles. The zero-order valence-corrected chi connectivity index (χ0v) is 7.80. The van der Waals surface area contributed by atoms with Crippen LogP contribution in [0.25, 0.3) is 0 Å². The fourth-order valence-electron chi connectivity index (χ4n) is 0.813. The van der Waals surface area contributed by atoms with Crippen LogP contribution in [0.15, 0.2) is 17.3 Å². The molecule has 0 aliphatic carbocycles. The number of rotatable bonds is 0. The van der Waals surface area contributed by atoms with Crippen LogP contribution < -0.4 is 0 Å². The van der Waals surface area contributed by atoms with Gasteiger partial charge in [-0.3, -0.25) is 4.99 Å². The van der Waals surface area contributed by atoms with Crippen molar-refractivity contribution in [3.05, 3.63) is 12.3 Å². The zero-order chi connectivity index (χ0) is 8.69. The lowest BCUT2D eigenvalue weighted by molar-refractivity contribution is 0.614. The van der Waals surface area contributed by atoms with E-state index in [9.17, 15) is 0 Å². The maximum atomic E-state index is 4.14. The Balaban J connectivity index is 0.000000461. The van der Waals surface area contributed by atoms with Crippen molar-refractivity contribution in [1.82, 2.24) is 4.90 Å². The Morgan fingerprint density at radius 3 is 2.82 bits per heavy atom. The Labute approximate surface area is 69.6 Å². The standard InChI is InChI=1S/C7H12N2.C2H6/c1-7-4-3-5-8-6-9(7)2;1-2/h6H,1,3-5H2,2H3;1-2H3. The Kier molecular flexibility index (Phi) is 5.53. The van der Waals surface area contributed by atoms with Gasteiger partial charge in [-0.2, -0.15) is 0 Å². The van der Waals surface area contributed by atoms with Crippen LogP contribution >= 0.6 is 0 Å². The highest BCUT2D eigenvalue weighted by Gasteiger charge is 2.00. The third-order valence-electron chi connectivity index (χ3n) is 1.51. The van der Waals surface area contributed by atoms with Gasteiger partial charge in [0.2, 0.25) is 0 Å². The number of hydrogen-bond donors (Lipinski definition) is 0. The van der Waals surface area contributed by atoms with Crippen molar-refractivity contribution < 1.29 is 0 Å². The number of nitrogens with zero attached hydrogens (tertiary/aromatic N) is 2. The summed E-state index contributed by atoms with van der Waals surface area (Å²) < 4.78 is 0. The highest BCUT2D eigenvalue weighted by atomic mass is 15.1. The zero-order valence-electron chi connectivity index (χ0n) is 7.80. The highest BCUT2D eigenvalue weighted by molar-refractivity contribution is 5.57. The van der Waals surface area contributed by atoms with E-state index in [-0.39, 0.29) is 0 Å². The maximum absolute atomic E-state index is 4.14. The molecule has 0 unspecified atom stereocenters. The minimum absolute atomic E-state index is 0.948. The van der Waals surface area contributed by atoms with Crippen molar-refractivity contribution in [2.24, 2.45) is 4.99 Å². The normalized spacial score (nSPS) is 17.0. The van der Waals surface area contributed by atoms with E-state index in [1.165, 1.54) is 0 Å². The van der Waals surface area contributed by atoms with Gasteiger partial charge >= 0.3 is 0 Å². The lowest BCUT2D eigenvalue weighted by Crippen LogP contribution is -2.12. The third-order valence-corrected chi connectivity index (χ3v) is 1.51. The second-order valence-corrected chi connectivity index (χ2v) is 2.30. The molecule has 0 fully saturated rings. The molecule has 0 radical (unpaired) electrons. The molecule has 0 aromatic rings. The molecule has 1 aliphatic rings. The fraction of sp³-hybridized carbons (Fsp3) is 0.667. The molecule has 1 heterocycles. The molecule has 1 rings (SSSR count). The predicted octanol–water partition coefficient (Wildman–Crippen LogP) is 2.28. The van der Waals surface area contributed by atoms with Gasteiger partial charge in [0, 0.05) is 19.3 Å². The molecule has 0 N–H and O–H groups in total. The smallest absolute Gasteiger partial charge is 0.0888 e. The summed E-state index contributed by atoms with van der Waals surface area (Å²) in [6, 6.07) is 0. The highest BCUT2D eigenvalue weighted by Crippen LogP contribution is 2.07. The molecule has 11 heavy (non-hydrogen) atoms. The first-order valence-electron chi connectivity index (χ1n) is 4.21. The summed E-state index contributed by atoms with van der Waals surface area (Å²) in [5.41, 5.74) is 1.16. The van der Waals surface area contributed by atoms with E-state index in [0.29, 0.717) is 0 Å². The van der Waals surface area contributed by atoms with Gasteiger partial charge in [0.05, 0.1) is 6.34 Å². The van der Waals surface area contributed by atoms with Gasteiger partial charge in [0.1, 0.15) is 0 Å². The van der Waals surface area contributed by atoms with E-state index in [4.69, 9.17) is 0 Å². The summed E-state index contributed by atoms with van der Waals surface area (Å²) in [4.78, 5) is 6.12. The summed E-state index contributed by atoms with van der Waals surface area (Å²) >= 11 is 0. The van der Waals surface area contributed by atoms with Crippen LogP contribution in [0.1, 0.15) is 26.7 Å². The molecule has 2 heteroatoms. The molecule has 1 aliphatic heterocycles. The van der Waals surface area contributed by atoms with Gasteiger partial charge in [-0.15, -0.1) is 0 Å². The Bertz CT molecular complexity index is 138. The van der Waals surface area contributed by atoms with Gasteiger partial charge < -0.3 is 4.90 Å². The molecule has 64 valence electrons. The van der Waals surface area contributed by atoms with Crippen LogP contribution in [0.5, 0.6) is 0 Å². The summed E-state index contributed by atoms with van der Waals surface area (Å²) in [6.45, 7) is 8.84. The first-order valence-corrected chi connectivity index (χ1v) is 4.21. The SMILES string of the molecule is C=C1CCCN=CN1C.CC. The van der Waals surface area contributed by atoms with Crippen molar-refractivity contribution in [2.45, 2.75) is 26.7 Å². The van der Waals surface area contributed by atoms with E-state index in [1.54, 1.807) is 0 Å². The van der Waals surface area contributed by atoms with E-state index in [0.717, 1.165) is 25.1 Å². The topological polar surface area (TPSA) is 15.6 Å². The summed E-state index contributed by atoms with van der Waals surface area (Å²) in [5.74, 6) is 0. The summed E-state index contributed by atoms with van der Waals surface area (Å²) in [5, 5.41) is 0.